The van der Waals surface area contributed by atoms with Crippen molar-refractivity contribution in [1.29, 1.82) is 0 Å². The van der Waals surface area contributed by atoms with E-state index in [1.54, 1.807) is 0 Å². The van der Waals surface area contributed by atoms with E-state index in [1.807, 2.05) is 44.2 Å². The number of benzene rings is 1. The Labute approximate surface area is 162 Å². The van der Waals surface area contributed by atoms with E-state index in [2.05, 4.69) is 20.9 Å². The zero-order valence-corrected chi connectivity index (χ0v) is 16.5. The number of carbonyl (C=O) groups excluding carboxylic acids is 2. The molecule has 26 heavy (non-hydrogen) atoms. The molecule has 6 nitrogen and oxygen atoms in total. The average molecular weight is 383 g/mol. The van der Waals surface area contributed by atoms with Gasteiger partial charge < -0.3 is 16.0 Å². The predicted molar refractivity (Wildman–Crippen MR) is 106 cm³/mol. The Morgan fingerprint density at radius 3 is 2.42 bits per heavy atom. The molecule has 1 unspecified atom stereocenters. The van der Waals surface area contributed by atoms with Gasteiger partial charge in [0.25, 0.3) is 0 Å². The number of hydrogen-bond acceptors (Lipinski definition) is 4. The molecule has 1 saturated heterocycles. The van der Waals surface area contributed by atoms with Crippen LogP contribution in [-0.2, 0) is 9.59 Å². The standard InChI is InChI=1S/C19H30N4O2.ClH/c1-15(2)14-17(24)22-18(16-6-4-3-5-7-16)19(25)21-10-13-23-11-8-20-9-12-23;/h3-7,15,18,20H,8-14H2,1-2H3,(H,21,25)(H,22,24);1H. The van der Waals surface area contributed by atoms with Crippen molar-refractivity contribution in [3.63, 3.8) is 0 Å². The number of nitrogens with zero attached hydrogens (tertiary/aromatic N) is 1. The van der Waals surface area contributed by atoms with Gasteiger partial charge in [0, 0.05) is 45.7 Å². The molecule has 0 saturated carbocycles. The highest BCUT2D eigenvalue weighted by Gasteiger charge is 2.22. The summed E-state index contributed by atoms with van der Waals surface area (Å²) in [6, 6.07) is 8.76. The van der Waals surface area contributed by atoms with Crippen LogP contribution in [0.4, 0.5) is 0 Å². The van der Waals surface area contributed by atoms with Gasteiger partial charge in [-0.25, -0.2) is 0 Å². The Kier molecular flexibility index (Phi) is 10.2. The van der Waals surface area contributed by atoms with Crippen molar-refractivity contribution in [1.82, 2.24) is 20.9 Å². The van der Waals surface area contributed by atoms with Gasteiger partial charge in [0.2, 0.25) is 11.8 Å². The molecule has 146 valence electrons. The van der Waals surface area contributed by atoms with E-state index in [4.69, 9.17) is 0 Å². The van der Waals surface area contributed by atoms with Crippen LogP contribution in [0, 0.1) is 5.92 Å². The van der Waals surface area contributed by atoms with Crippen molar-refractivity contribution in [2.24, 2.45) is 5.92 Å². The Morgan fingerprint density at radius 1 is 1.15 bits per heavy atom. The second kappa shape index (κ2) is 11.9. The quantitative estimate of drug-likeness (QED) is 0.634. The van der Waals surface area contributed by atoms with Gasteiger partial charge in [-0.15, -0.1) is 12.4 Å². The van der Waals surface area contributed by atoms with E-state index in [0.717, 1.165) is 38.3 Å². The highest BCUT2D eigenvalue weighted by atomic mass is 35.5. The van der Waals surface area contributed by atoms with Crippen molar-refractivity contribution in [3.8, 4) is 0 Å². The minimum Gasteiger partial charge on any atom is -0.353 e. The van der Waals surface area contributed by atoms with Crippen molar-refractivity contribution in [2.75, 3.05) is 39.3 Å². The van der Waals surface area contributed by atoms with Gasteiger partial charge in [0.1, 0.15) is 6.04 Å². The molecule has 0 spiro atoms. The molecular weight excluding hydrogens is 352 g/mol. The second-order valence-electron chi connectivity index (χ2n) is 6.89. The molecule has 1 heterocycles. The molecule has 0 aromatic heterocycles. The Bertz CT molecular complexity index is 548. The molecule has 2 rings (SSSR count). The van der Waals surface area contributed by atoms with E-state index in [-0.39, 0.29) is 30.1 Å². The third-order valence-corrected chi connectivity index (χ3v) is 4.23. The van der Waals surface area contributed by atoms with E-state index in [0.29, 0.717) is 13.0 Å². The van der Waals surface area contributed by atoms with Crippen molar-refractivity contribution in [3.05, 3.63) is 35.9 Å². The number of carbonyl (C=O) groups is 2. The molecule has 1 aliphatic heterocycles. The number of piperazine rings is 1. The Balaban J connectivity index is 0.00000338. The topological polar surface area (TPSA) is 73.5 Å². The molecule has 1 aromatic rings. The third-order valence-electron chi connectivity index (χ3n) is 4.23. The summed E-state index contributed by atoms with van der Waals surface area (Å²) in [5.74, 6) is 0.00624. The second-order valence-corrected chi connectivity index (χ2v) is 6.89. The molecule has 0 aliphatic carbocycles. The molecule has 0 bridgehead atoms. The lowest BCUT2D eigenvalue weighted by molar-refractivity contribution is -0.129. The molecule has 7 heteroatoms. The summed E-state index contributed by atoms with van der Waals surface area (Å²) in [7, 11) is 0. The van der Waals surface area contributed by atoms with Gasteiger partial charge in [0.05, 0.1) is 0 Å². The molecule has 1 fully saturated rings. The maximum atomic E-state index is 12.6. The fourth-order valence-electron chi connectivity index (χ4n) is 2.91. The largest absolute Gasteiger partial charge is 0.353 e. The van der Waals surface area contributed by atoms with Crippen LogP contribution < -0.4 is 16.0 Å². The molecule has 1 aliphatic rings. The summed E-state index contributed by atoms with van der Waals surface area (Å²) in [5.41, 5.74) is 0.805. The summed E-state index contributed by atoms with van der Waals surface area (Å²) in [4.78, 5) is 27.1. The van der Waals surface area contributed by atoms with Crippen LogP contribution >= 0.6 is 12.4 Å². The van der Waals surface area contributed by atoms with E-state index in [9.17, 15) is 9.59 Å². The van der Waals surface area contributed by atoms with Crippen LogP contribution in [0.2, 0.25) is 0 Å². The lowest BCUT2D eigenvalue weighted by atomic mass is 10.0. The lowest BCUT2D eigenvalue weighted by Crippen LogP contribution is -2.47. The minimum absolute atomic E-state index is 0. The van der Waals surface area contributed by atoms with Gasteiger partial charge in [-0.2, -0.15) is 0 Å². The van der Waals surface area contributed by atoms with E-state index >= 15 is 0 Å². The van der Waals surface area contributed by atoms with Crippen molar-refractivity contribution in [2.45, 2.75) is 26.3 Å². The van der Waals surface area contributed by atoms with Crippen LogP contribution in [0.15, 0.2) is 30.3 Å². The van der Waals surface area contributed by atoms with Gasteiger partial charge in [-0.1, -0.05) is 44.2 Å². The van der Waals surface area contributed by atoms with Crippen molar-refractivity contribution < 1.29 is 9.59 Å². The van der Waals surface area contributed by atoms with Crippen LogP contribution in [0.5, 0.6) is 0 Å². The van der Waals surface area contributed by atoms with Gasteiger partial charge in [-0.3, -0.25) is 14.5 Å². The molecule has 3 N–H and O–H groups in total. The summed E-state index contributed by atoms with van der Waals surface area (Å²) < 4.78 is 0. The van der Waals surface area contributed by atoms with Gasteiger partial charge >= 0.3 is 0 Å². The Morgan fingerprint density at radius 2 is 1.81 bits per heavy atom. The van der Waals surface area contributed by atoms with Crippen LogP contribution in [-0.4, -0.2) is 56.0 Å². The first-order chi connectivity index (χ1) is 12.1. The summed E-state index contributed by atoms with van der Waals surface area (Å²) in [6.45, 7) is 9.39. The maximum Gasteiger partial charge on any atom is 0.247 e. The monoisotopic (exact) mass is 382 g/mol. The summed E-state index contributed by atoms with van der Waals surface area (Å²) in [6.07, 6.45) is 0.414. The molecule has 1 aromatic carbocycles. The van der Waals surface area contributed by atoms with Gasteiger partial charge in [-0.05, 0) is 11.5 Å². The maximum absolute atomic E-state index is 12.6. The number of amides is 2. The predicted octanol–water partition coefficient (Wildman–Crippen LogP) is 1.33. The minimum atomic E-state index is -0.643. The summed E-state index contributed by atoms with van der Waals surface area (Å²) >= 11 is 0. The molecular formula is C19H31ClN4O2. The first-order valence-corrected chi connectivity index (χ1v) is 9.11. The third kappa shape index (κ3) is 7.72. The first kappa shape index (κ1) is 22.4. The normalized spacial score (nSPS) is 15.8. The van der Waals surface area contributed by atoms with Crippen molar-refractivity contribution >= 4 is 24.2 Å². The summed E-state index contributed by atoms with van der Waals surface area (Å²) in [5, 5.41) is 9.16. The number of halogens is 1. The first-order valence-electron chi connectivity index (χ1n) is 9.11. The Hall–Kier alpha value is -1.63. The van der Waals surface area contributed by atoms with E-state index in [1.165, 1.54) is 0 Å². The number of nitrogens with one attached hydrogen (secondary N) is 3. The fourth-order valence-corrected chi connectivity index (χ4v) is 2.91. The smallest absolute Gasteiger partial charge is 0.247 e. The number of rotatable bonds is 8. The molecule has 1 atom stereocenters. The van der Waals surface area contributed by atoms with Crippen LogP contribution in [0.25, 0.3) is 0 Å². The molecule has 2 amide bonds. The van der Waals surface area contributed by atoms with Crippen LogP contribution in [0.1, 0.15) is 31.9 Å². The molecule has 0 radical (unpaired) electrons. The number of hydrogen-bond donors (Lipinski definition) is 3. The zero-order chi connectivity index (χ0) is 18.1. The van der Waals surface area contributed by atoms with Gasteiger partial charge in [0.15, 0.2) is 0 Å². The average Bonchev–Trinajstić information content (AvgIpc) is 2.60. The SMILES string of the molecule is CC(C)CC(=O)NC(C(=O)NCCN1CCNCC1)c1ccccc1.Cl. The zero-order valence-electron chi connectivity index (χ0n) is 15.7. The highest BCUT2D eigenvalue weighted by Crippen LogP contribution is 2.14. The lowest BCUT2D eigenvalue weighted by Gasteiger charge is -2.27. The van der Waals surface area contributed by atoms with Crippen LogP contribution in [0.3, 0.4) is 0 Å². The highest BCUT2D eigenvalue weighted by molar-refractivity contribution is 5.88. The fraction of sp³-hybridized carbons (Fsp3) is 0.579. The van der Waals surface area contributed by atoms with E-state index < -0.39 is 6.04 Å².